The van der Waals surface area contributed by atoms with Crippen LogP contribution in [0.2, 0.25) is 19.1 Å². The third-order valence-electron chi connectivity index (χ3n) is 6.61. The maximum absolute atomic E-state index is 14.9. The number of rotatable bonds is 9. The average molecular weight is 520 g/mol. The van der Waals surface area contributed by atoms with Gasteiger partial charge in [0.25, 0.3) is 5.91 Å². The topological polar surface area (TPSA) is 109 Å². The molecule has 0 saturated carbocycles. The summed E-state index contributed by atoms with van der Waals surface area (Å²) in [6, 6.07) is 4.98. The molecule has 2 heterocycles. The van der Waals surface area contributed by atoms with Crippen LogP contribution in [0.3, 0.4) is 0 Å². The minimum Gasteiger partial charge on any atom is -0.481 e. The van der Waals surface area contributed by atoms with Gasteiger partial charge in [-0.05, 0) is 24.6 Å². The van der Waals surface area contributed by atoms with Crippen molar-refractivity contribution in [2.75, 3.05) is 19.0 Å². The van der Waals surface area contributed by atoms with Crippen LogP contribution < -0.4 is 15.2 Å². The first kappa shape index (κ1) is 27.2. The Morgan fingerprint density at radius 1 is 1.19 bits per heavy atom. The van der Waals surface area contributed by atoms with Crippen LogP contribution in [-0.2, 0) is 20.8 Å². The van der Waals surface area contributed by atoms with Crippen molar-refractivity contribution in [3.63, 3.8) is 0 Å². The van der Waals surface area contributed by atoms with E-state index in [2.05, 4.69) is 10.3 Å². The number of aromatic nitrogens is 1. The highest BCUT2D eigenvalue weighted by Crippen LogP contribution is 2.32. The molecule has 36 heavy (non-hydrogen) atoms. The van der Waals surface area contributed by atoms with Gasteiger partial charge in [-0.2, -0.15) is 0 Å². The predicted molar refractivity (Wildman–Crippen MR) is 133 cm³/mol. The molecule has 0 radical (unpaired) electrons. The van der Waals surface area contributed by atoms with Gasteiger partial charge in [0.05, 0.1) is 20.9 Å². The first-order valence-corrected chi connectivity index (χ1v) is 15.0. The zero-order chi connectivity index (χ0) is 26.6. The predicted octanol–water partition coefficient (Wildman–Crippen LogP) is 3.62. The van der Waals surface area contributed by atoms with Crippen molar-refractivity contribution in [1.29, 1.82) is 0 Å². The van der Waals surface area contributed by atoms with Gasteiger partial charge in [-0.25, -0.2) is 13.8 Å². The van der Waals surface area contributed by atoms with E-state index in [1.54, 1.807) is 12.1 Å². The zero-order valence-electron chi connectivity index (χ0n) is 20.9. The highest BCUT2D eigenvalue weighted by molar-refractivity contribution is 6.89. The van der Waals surface area contributed by atoms with E-state index in [1.807, 2.05) is 20.0 Å². The van der Waals surface area contributed by atoms with Crippen LogP contribution in [0.4, 0.5) is 14.5 Å². The van der Waals surface area contributed by atoms with Crippen molar-refractivity contribution in [1.82, 2.24) is 9.88 Å². The van der Waals surface area contributed by atoms with Crippen molar-refractivity contribution >= 4 is 36.7 Å². The van der Waals surface area contributed by atoms with Crippen LogP contribution in [0.5, 0.6) is 5.88 Å². The van der Waals surface area contributed by atoms with Gasteiger partial charge in [0.2, 0.25) is 11.8 Å². The number of methoxy groups -OCH3 is 1. The number of amides is 2. The molecule has 0 spiro atoms. The summed E-state index contributed by atoms with van der Waals surface area (Å²) in [5.41, 5.74) is 1.00. The highest BCUT2D eigenvalue weighted by Gasteiger charge is 2.37. The van der Waals surface area contributed by atoms with Crippen LogP contribution in [-0.4, -0.2) is 54.5 Å². The van der Waals surface area contributed by atoms with E-state index in [9.17, 15) is 23.2 Å². The molecule has 8 nitrogen and oxygen atoms in total. The van der Waals surface area contributed by atoms with Gasteiger partial charge < -0.3 is 20.1 Å². The molecule has 1 aliphatic rings. The maximum Gasteiger partial charge on any atom is 0.303 e. The van der Waals surface area contributed by atoms with Gasteiger partial charge in [-0.3, -0.25) is 14.4 Å². The molecule has 1 atom stereocenters. The van der Waals surface area contributed by atoms with E-state index < -0.39 is 37.6 Å². The van der Waals surface area contributed by atoms with Crippen molar-refractivity contribution in [3.8, 4) is 5.88 Å². The van der Waals surface area contributed by atoms with E-state index in [1.165, 1.54) is 12.0 Å². The van der Waals surface area contributed by atoms with Gasteiger partial charge in [-0.15, -0.1) is 0 Å². The van der Waals surface area contributed by atoms with Crippen molar-refractivity contribution in [2.24, 2.45) is 0 Å². The number of hydrogen-bond acceptors (Lipinski definition) is 5. The lowest BCUT2D eigenvalue weighted by Gasteiger charge is -2.36. The first-order chi connectivity index (χ1) is 17.0. The molecular formula is C25H31F2N3O5Si. The largest absolute Gasteiger partial charge is 0.481 e. The SMILES string of the molecule is CC[Si](C)(C)c1c(F)cc(NC(=O)[C@H]2c3ccc(OC)nc3CCN2C(=O)CCCC(=O)O)cc1F. The molecule has 0 fully saturated rings. The molecule has 1 aliphatic heterocycles. The second-order valence-electron chi connectivity index (χ2n) is 9.42. The Morgan fingerprint density at radius 3 is 2.44 bits per heavy atom. The molecule has 1 aromatic carbocycles. The Kier molecular flexibility index (Phi) is 8.44. The number of anilines is 1. The van der Waals surface area contributed by atoms with Crippen LogP contribution >= 0.6 is 0 Å². The number of carbonyl (C=O) groups is 3. The quantitative estimate of drug-likeness (QED) is 0.490. The molecule has 194 valence electrons. The number of carbonyl (C=O) groups excluding carboxylic acids is 2. The second-order valence-corrected chi connectivity index (χ2v) is 14.4. The number of aliphatic carboxylic acids is 1. The minimum absolute atomic E-state index is 0.0495. The molecule has 11 heteroatoms. The maximum atomic E-state index is 14.9. The average Bonchev–Trinajstić information content (AvgIpc) is 2.81. The monoisotopic (exact) mass is 519 g/mol. The summed E-state index contributed by atoms with van der Waals surface area (Å²) in [6.45, 7) is 5.82. The first-order valence-electron chi connectivity index (χ1n) is 11.8. The van der Waals surface area contributed by atoms with Crippen molar-refractivity contribution < 1.29 is 33.0 Å². The van der Waals surface area contributed by atoms with Gasteiger partial charge in [0.15, 0.2) is 0 Å². The van der Waals surface area contributed by atoms with Gasteiger partial charge in [0.1, 0.15) is 17.7 Å². The molecule has 0 unspecified atom stereocenters. The Hall–Kier alpha value is -3.34. The van der Waals surface area contributed by atoms with E-state index in [-0.39, 0.29) is 42.6 Å². The van der Waals surface area contributed by atoms with Gasteiger partial charge in [-0.1, -0.05) is 26.1 Å². The number of pyridine rings is 1. The lowest BCUT2D eigenvalue weighted by molar-refractivity contribution is -0.140. The molecule has 3 rings (SSSR count). The summed E-state index contributed by atoms with van der Waals surface area (Å²) < 4.78 is 35.0. The smallest absolute Gasteiger partial charge is 0.303 e. The number of ether oxygens (including phenoxy) is 1. The lowest BCUT2D eigenvalue weighted by atomic mass is 9.95. The molecule has 2 N–H and O–H groups in total. The minimum atomic E-state index is -2.32. The van der Waals surface area contributed by atoms with Crippen LogP contribution in [0.25, 0.3) is 0 Å². The third kappa shape index (κ3) is 5.89. The number of nitrogens with one attached hydrogen (secondary N) is 1. The van der Waals surface area contributed by atoms with Crippen LogP contribution in [0.15, 0.2) is 24.3 Å². The summed E-state index contributed by atoms with van der Waals surface area (Å²) in [5, 5.41) is 11.5. The Labute approximate surface area is 209 Å². The van der Waals surface area contributed by atoms with Crippen molar-refractivity contribution in [2.45, 2.75) is 57.8 Å². The number of nitrogens with zero attached hydrogens (tertiary/aromatic N) is 2. The normalized spacial score (nSPS) is 15.3. The van der Waals surface area contributed by atoms with Crippen LogP contribution in [0.1, 0.15) is 43.5 Å². The second kappa shape index (κ2) is 11.1. The Bertz CT molecular complexity index is 1150. The summed E-state index contributed by atoms with van der Waals surface area (Å²) in [6.07, 6.45) is 0.273. The summed E-state index contributed by atoms with van der Waals surface area (Å²) in [7, 11) is -0.851. The van der Waals surface area contributed by atoms with Gasteiger partial charge in [0, 0.05) is 48.3 Å². The fourth-order valence-electron chi connectivity index (χ4n) is 4.34. The zero-order valence-corrected chi connectivity index (χ0v) is 21.9. The standard InChI is InChI=1S/C25H31F2N3O5Si/c1-5-36(3,4)24-17(26)13-15(14-18(24)27)28-25(34)23-16-9-10-20(35-2)29-19(16)11-12-30(23)21(31)7-6-8-22(32)33/h9-10,13-14,23H,5-8,11-12H2,1-4H3,(H,28,34)(H,32,33)/t23-/m1/s1. The molecule has 0 bridgehead atoms. The third-order valence-corrected chi connectivity index (χ3v) is 10.2. The molecule has 1 aromatic heterocycles. The number of halogens is 2. The van der Waals surface area contributed by atoms with E-state index in [0.717, 1.165) is 12.1 Å². The van der Waals surface area contributed by atoms with E-state index in [0.29, 0.717) is 29.6 Å². The number of fused-ring (bicyclic) bond motifs is 1. The fraction of sp³-hybridized carbons (Fsp3) is 0.440. The number of hydrogen-bond donors (Lipinski definition) is 2. The molecule has 2 aromatic rings. The van der Waals surface area contributed by atoms with Crippen LogP contribution in [0, 0.1) is 11.6 Å². The molecule has 0 aliphatic carbocycles. The Morgan fingerprint density at radius 2 is 1.86 bits per heavy atom. The number of carboxylic acid groups (broad SMARTS) is 1. The lowest BCUT2D eigenvalue weighted by Crippen LogP contribution is -2.46. The summed E-state index contributed by atoms with van der Waals surface area (Å²) >= 11 is 0. The Balaban J connectivity index is 1.93. The van der Waals surface area contributed by atoms with E-state index in [4.69, 9.17) is 9.84 Å². The fourth-order valence-corrected chi connectivity index (χ4v) is 6.13. The summed E-state index contributed by atoms with van der Waals surface area (Å²) in [5.74, 6) is -3.10. The summed E-state index contributed by atoms with van der Waals surface area (Å²) in [4.78, 5) is 43.0. The van der Waals surface area contributed by atoms with Gasteiger partial charge >= 0.3 is 5.97 Å². The molecule has 0 saturated heterocycles. The number of benzene rings is 1. The van der Waals surface area contributed by atoms with E-state index >= 15 is 0 Å². The highest BCUT2D eigenvalue weighted by atomic mass is 28.3. The number of carboxylic acids is 1. The molecule has 2 amide bonds. The molecular weight excluding hydrogens is 488 g/mol. The van der Waals surface area contributed by atoms with Crippen molar-refractivity contribution in [3.05, 3.63) is 47.2 Å².